The van der Waals surface area contributed by atoms with Gasteiger partial charge in [0.1, 0.15) is 5.75 Å². The van der Waals surface area contributed by atoms with Crippen molar-refractivity contribution in [3.8, 4) is 5.75 Å². The summed E-state index contributed by atoms with van der Waals surface area (Å²) in [4.78, 5) is 22.4. The first-order valence-corrected chi connectivity index (χ1v) is 5.70. The Morgan fingerprint density at radius 3 is 2.56 bits per heavy atom. The van der Waals surface area contributed by atoms with Crippen LogP contribution in [0.25, 0.3) is 0 Å². The summed E-state index contributed by atoms with van der Waals surface area (Å²) in [7, 11) is 0. The molecule has 0 heterocycles. The summed E-state index contributed by atoms with van der Waals surface area (Å²) < 4.78 is 0. The van der Waals surface area contributed by atoms with Gasteiger partial charge in [0.05, 0.1) is 12.3 Å². The van der Waals surface area contributed by atoms with Crippen LogP contribution in [0.3, 0.4) is 0 Å². The van der Waals surface area contributed by atoms with Crippen LogP contribution >= 0.6 is 0 Å². The molecule has 2 unspecified atom stereocenters. The molecular formula is C13H17NO4. The van der Waals surface area contributed by atoms with Gasteiger partial charge in [-0.05, 0) is 31.5 Å². The number of aliphatic carboxylic acids is 1. The Morgan fingerprint density at radius 1 is 1.33 bits per heavy atom. The Labute approximate surface area is 105 Å². The third-order valence-corrected chi connectivity index (χ3v) is 2.80. The summed E-state index contributed by atoms with van der Waals surface area (Å²) in [5.74, 6) is -1.74. The topological polar surface area (TPSA) is 86.6 Å². The average molecular weight is 251 g/mol. The minimum Gasteiger partial charge on any atom is -0.508 e. The summed E-state index contributed by atoms with van der Waals surface area (Å²) in [6.45, 7) is 3.20. The molecule has 5 heteroatoms. The van der Waals surface area contributed by atoms with Gasteiger partial charge in [0, 0.05) is 6.04 Å². The van der Waals surface area contributed by atoms with Gasteiger partial charge >= 0.3 is 5.97 Å². The maximum Gasteiger partial charge on any atom is 0.308 e. The third-order valence-electron chi connectivity index (χ3n) is 2.80. The molecule has 18 heavy (non-hydrogen) atoms. The number of nitrogens with one attached hydrogen (secondary N) is 1. The van der Waals surface area contributed by atoms with Crippen LogP contribution in [0.2, 0.25) is 0 Å². The lowest BCUT2D eigenvalue weighted by Gasteiger charge is -2.17. The number of hydrogen-bond donors (Lipinski definition) is 3. The number of carboxylic acid groups (broad SMARTS) is 1. The number of benzene rings is 1. The lowest BCUT2D eigenvalue weighted by atomic mass is 10.0. The van der Waals surface area contributed by atoms with Crippen molar-refractivity contribution in [1.82, 2.24) is 5.32 Å². The fourth-order valence-electron chi connectivity index (χ4n) is 1.50. The number of amides is 1. The van der Waals surface area contributed by atoms with Crippen LogP contribution in [-0.4, -0.2) is 28.1 Å². The Kier molecular flexibility index (Phi) is 4.71. The molecule has 0 aromatic heterocycles. The molecule has 0 fully saturated rings. The van der Waals surface area contributed by atoms with E-state index in [4.69, 9.17) is 5.11 Å². The predicted molar refractivity (Wildman–Crippen MR) is 66.2 cm³/mol. The van der Waals surface area contributed by atoms with Crippen molar-refractivity contribution in [2.45, 2.75) is 26.3 Å². The molecule has 1 aromatic carbocycles. The van der Waals surface area contributed by atoms with Crippen LogP contribution < -0.4 is 5.32 Å². The van der Waals surface area contributed by atoms with Gasteiger partial charge in [0.25, 0.3) is 0 Å². The molecule has 0 aliphatic heterocycles. The molecule has 5 nitrogen and oxygen atoms in total. The predicted octanol–water partition coefficient (Wildman–Crippen LogP) is 1.16. The zero-order chi connectivity index (χ0) is 13.7. The second-order valence-electron chi connectivity index (χ2n) is 4.33. The molecule has 2 atom stereocenters. The molecule has 0 aliphatic rings. The van der Waals surface area contributed by atoms with E-state index in [1.54, 1.807) is 26.0 Å². The summed E-state index contributed by atoms with van der Waals surface area (Å²) in [5, 5.41) is 20.7. The van der Waals surface area contributed by atoms with Crippen LogP contribution in [-0.2, 0) is 16.0 Å². The maximum absolute atomic E-state index is 11.7. The highest BCUT2D eigenvalue weighted by molar-refractivity contribution is 5.80. The Balaban J connectivity index is 2.54. The molecular weight excluding hydrogens is 234 g/mol. The maximum atomic E-state index is 11.7. The van der Waals surface area contributed by atoms with E-state index >= 15 is 0 Å². The molecule has 1 aromatic rings. The quantitative estimate of drug-likeness (QED) is 0.733. The first-order valence-electron chi connectivity index (χ1n) is 5.70. The van der Waals surface area contributed by atoms with Gasteiger partial charge in [-0.1, -0.05) is 12.1 Å². The Bertz CT molecular complexity index is 444. The molecule has 0 bridgehead atoms. The third kappa shape index (κ3) is 4.08. The van der Waals surface area contributed by atoms with E-state index in [0.717, 1.165) is 0 Å². The summed E-state index contributed by atoms with van der Waals surface area (Å²) in [6, 6.07) is 5.97. The zero-order valence-electron chi connectivity index (χ0n) is 10.4. The van der Waals surface area contributed by atoms with E-state index in [9.17, 15) is 14.7 Å². The standard InChI is InChI=1S/C13H17NO4/c1-8(13(17)18)9(2)14-12(16)7-10-4-3-5-11(15)6-10/h3-6,8-9,15H,7H2,1-2H3,(H,14,16)(H,17,18). The number of rotatable bonds is 5. The lowest BCUT2D eigenvalue weighted by Crippen LogP contribution is -2.40. The van der Waals surface area contributed by atoms with Gasteiger partial charge in [0.15, 0.2) is 0 Å². The molecule has 98 valence electrons. The second-order valence-corrected chi connectivity index (χ2v) is 4.33. The highest BCUT2D eigenvalue weighted by Gasteiger charge is 2.20. The van der Waals surface area contributed by atoms with Gasteiger partial charge in [-0.15, -0.1) is 0 Å². The van der Waals surface area contributed by atoms with Crippen molar-refractivity contribution in [2.75, 3.05) is 0 Å². The van der Waals surface area contributed by atoms with Crippen molar-refractivity contribution in [3.05, 3.63) is 29.8 Å². The van der Waals surface area contributed by atoms with Crippen molar-refractivity contribution < 1.29 is 19.8 Å². The van der Waals surface area contributed by atoms with Crippen LogP contribution in [0.4, 0.5) is 0 Å². The fourth-order valence-corrected chi connectivity index (χ4v) is 1.50. The van der Waals surface area contributed by atoms with E-state index in [-0.39, 0.29) is 18.1 Å². The number of carboxylic acids is 1. The number of carbonyl (C=O) groups is 2. The molecule has 1 amide bonds. The summed E-state index contributed by atoms with van der Waals surface area (Å²) in [5.41, 5.74) is 0.683. The minimum absolute atomic E-state index is 0.104. The lowest BCUT2D eigenvalue weighted by molar-refractivity contribution is -0.142. The highest BCUT2D eigenvalue weighted by Crippen LogP contribution is 2.11. The number of phenols is 1. The molecule has 0 spiro atoms. The van der Waals surface area contributed by atoms with Crippen LogP contribution in [0.15, 0.2) is 24.3 Å². The molecule has 3 N–H and O–H groups in total. The molecule has 0 aliphatic carbocycles. The average Bonchev–Trinajstić information content (AvgIpc) is 2.27. The zero-order valence-corrected chi connectivity index (χ0v) is 10.4. The van der Waals surface area contributed by atoms with Crippen LogP contribution in [0.5, 0.6) is 5.75 Å². The monoisotopic (exact) mass is 251 g/mol. The molecule has 0 saturated heterocycles. The SMILES string of the molecule is CC(NC(=O)Cc1cccc(O)c1)C(C)C(=O)O. The Hall–Kier alpha value is -2.04. The Morgan fingerprint density at radius 2 is 2.00 bits per heavy atom. The second kappa shape index (κ2) is 6.05. The number of aromatic hydroxyl groups is 1. The van der Waals surface area contributed by atoms with E-state index in [0.29, 0.717) is 5.56 Å². The minimum atomic E-state index is -0.944. The van der Waals surface area contributed by atoms with Gasteiger partial charge < -0.3 is 15.5 Å². The normalized spacial score (nSPS) is 13.7. The van der Waals surface area contributed by atoms with E-state index in [2.05, 4.69) is 5.32 Å². The number of carbonyl (C=O) groups excluding carboxylic acids is 1. The molecule has 0 radical (unpaired) electrons. The molecule has 0 saturated carbocycles. The first-order chi connectivity index (χ1) is 8.40. The highest BCUT2D eigenvalue weighted by atomic mass is 16.4. The van der Waals surface area contributed by atoms with E-state index in [1.165, 1.54) is 12.1 Å². The number of phenolic OH excluding ortho intramolecular Hbond substituents is 1. The van der Waals surface area contributed by atoms with E-state index < -0.39 is 17.9 Å². The first kappa shape index (κ1) is 14.0. The summed E-state index contributed by atoms with van der Waals surface area (Å²) in [6.07, 6.45) is 0.116. The van der Waals surface area contributed by atoms with Gasteiger partial charge in [-0.3, -0.25) is 9.59 Å². The van der Waals surface area contributed by atoms with Crippen molar-refractivity contribution in [2.24, 2.45) is 5.92 Å². The van der Waals surface area contributed by atoms with Crippen molar-refractivity contribution in [3.63, 3.8) is 0 Å². The van der Waals surface area contributed by atoms with E-state index in [1.807, 2.05) is 0 Å². The number of hydrogen-bond acceptors (Lipinski definition) is 3. The summed E-state index contributed by atoms with van der Waals surface area (Å²) >= 11 is 0. The smallest absolute Gasteiger partial charge is 0.308 e. The van der Waals surface area contributed by atoms with Crippen LogP contribution in [0.1, 0.15) is 19.4 Å². The van der Waals surface area contributed by atoms with Crippen molar-refractivity contribution in [1.29, 1.82) is 0 Å². The van der Waals surface area contributed by atoms with Gasteiger partial charge in [0.2, 0.25) is 5.91 Å². The molecule has 1 rings (SSSR count). The van der Waals surface area contributed by atoms with Gasteiger partial charge in [-0.2, -0.15) is 0 Å². The largest absolute Gasteiger partial charge is 0.508 e. The van der Waals surface area contributed by atoms with Crippen LogP contribution in [0, 0.1) is 5.92 Å². The van der Waals surface area contributed by atoms with Crippen molar-refractivity contribution >= 4 is 11.9 Å². The fraction of sp³-hybridized carbons (Fsp3) is 0.385. The van der Waals surface area contributed by atoms with Gasteiger partial charge in [-0.25, -0.2) is 0 Å².